The highest BCUT2D eigenvalue weighted by Crippen LogP contribution is 2.27. The van der Waals surface area contributed by atoms with Crippen LogP contribution in [0.2, 0.25) is 5.02 Å². The number of nitrogens with one attached hydrogen (secondary N) is 1. The van der Waals surface area contributed by atoms with E-state index in [0.29, 0.717) is 23.2 Å². The van der Waals surface area contributed by atoms with Crippen molar-refractivity contribution in [2.45, 2.75) is 32.0 Å². The Hall–Kier alpha value is -2.65. The summed E-state index contributed by atoms with van der Waals surface area (Å²) in [5.74, 6) is 1.49. The summed E-state index contributed by atoms with van der Waals surface area (Å²) in [7, 11) is 1.70. The third-order valence-corrected chi connectivity index (χ3v) is 8.51. The Kier molecular flexibility index (Phi) is 9.40. The quantitative estimate of drug-likeness (QED) is 0.376. The molecule has 9 heteroatoms. The second kappa shape index (κ2) is 13.1. The number of hydrogen-bond donors (Lipinski definition) is 1. The van der Waals surface area contributed by atoms with Crippen molar-refractivity contribution in [3.05, 3.63) is 87.0 Å². The minimum atomic E-state index is -0.179. The van der Waals surface area contributed by atoms with Crippen LogP contribution in [0.15, 0.2) is 65.3 Å². The molecule has 1 N–H and O–H groups in total. The maximum atomic E-state index is 12.6. The first-order chi connectivity index (χ1) is 19.0. The fraction of sp³-hybridized carbons (Fsp3) is 0.400. The molecule has 3 heterocycles. The van der Waals surface area contributed by atoms with Gasteiger partial charge in [0.1, 0.15) is 11.6 Å². The molecule has 206 valence electrons. The van der Waals surface area contributed by atoms with Gasteiger partial charge in [-0.1, -0.05) is 51.8 Å². The Bertz CT molecular complexity index is 1240. The van der Waals surface area contributed by atoms with E-state index in [1.54, 1.807) is 19.4 Å². The van der Waals surface area contributed by atoms with Crippen LogP contribution in [0.25, 0.3) is 0 Å². The van der Waals surface area contributed by atoms with Crippen LogP contribution in [0.5, 0.6) is 5.75 Å². The first-order valence-electron chi connectivity index (χ1n) is 13.5. The molecule has 2 aromatic carbocycles. The summed E-state index contributed by atoms with van der Waals surface area (Å²) >= 11 is 10.0. The van der Waals surface area contributed by atoms with E-state index in [-0.39, 0.29) is 5.91 Å². The summed E-state index contributed by atoms with van der Waals surface area (Å²) < 4.78 is 6.28. The Morgan fingerprint density at radius 2 is 1.67 bits per heavy atom. The lowest BCUT2D eigenvalue weighted by Gasteiger charge is -2.43. The number of carbonyl (C=O) groups excluding carboxylic acids is 1. The molecule has 39 heavy (non-hydrogen) atoms. The van der Waals surface area contributed by atoms with E-state index in [2.05, 4.69) is 53.1 Å². The standard InChI is InChI=1S/C30H35BrClN5O2/c1-39-27-8-4-23(5-9-27)21-35-12-10-26(11-13-35)36-14-16-37(17-15-36)29-28(32)18-24(20-33-29)30(38)34-19-22-2-6-25(31)7-3-22/h2-9,18,20,26H,10-17,19,21H2,1H3,(H,34,38). The summed E-state index contributed by atoms with van der Waals surface area (Å²) in [5, 5.41) is 3.46. The van der Waals surface area contributed by atoms with Crippen molar-refractivity contribution in [2.75, 3.05) is 51.3 Å². The molecule has 0 bridgehead atoms. The number of pyridine rings is 1. The van der Waals surface area contributed by atoms with Gasteiger partial charge in [-0.2, -0.15) is 0 Å². The van der Waals surface area contributed by atoms with E-state index in [4.69, 9.17) is 16.3 Å². The number of likely N-dealkylation sites (tertiary alicyclic amines) is 1. The number of hydrogen-bond acceptors (Lipinski definition) is 6. The number of methoxy groups -OCH3 is 1. The molecule has 0 saturated carbocycles. The third kappa shape index (κ3) is 7.31. The van der Waals surface area contributed by atoms with Crippen molar-refractivity contribution in [3.63, 3.8) is 0 Å². The molecule has 3 aromatic rings. The number of nitrogens with zero attached hydrogens (tertiary/aromatic N) is 4. The number of rotatable bonds is 8. The predicted molar refractivity (Wildman–Crippen MR) is 160 cm³/mol. The van der Waals surface area contributed by atoms with Gasteiger partial charge in [-0.05, 0) is 67.4 Å². The third-order valence-electron chi connectivity index (χ3n) is 7.70. The Morgan fingerprint density at radius 3 is 2.31 bits per heavy atom. The molecule has 0 atom stereocenters. The van der Waals surface area contributed by atoms with Crippen LogP contribution in [-0.4, -0.2) is 73.1 Å². The molecular formula is C30H35BrClN5O2. The summed E-state index contributed by atoms with van der Waals surface area (Å²) in [4.78, 5) is 24.6. The number of carbonyl (C=O) groups is 1. The first kappa shape index (κ1) is 27.9. The molecule has 5 rings (SSSR count). The molecule has 2 fully saturated rings. The van der Waals surface area contributed by atoms with Crippen LogP contribution in [0.4, 0.5) is 5.82 Å². The van der Waals surface area contributed by atoms with Gasteiger partial charge < -0.3 is 15.0 Å². The zero-order valence-corrected chi connectivity index (χ0v) is 24.6. The maximum Gasteiger partial charge on any atom is 0.253 e. The molecular weight excluding hydrogens is 578 g/mol. The number of ether oxygens (including phenoxy) is 1. The largest absolute Gasteiger partial charge is 0.497 e. The summed E-state index contributed by atoms with van der Waals surface area (Å²) in [6.45, 7) is 7.45. The number of halogens is 2. The van der Waals surface area contributed by atoms with Crippen molar-refractivity contribution in [3.8, 4) is 5.75 Å². The minimum absolute atomic E-state index is 0.179. The van der Waals surface area contributed by atoms with Crippen molar-refractivity contribution >= 4 is 39.3 Å². The van der Waals surface area contributed by atoms with Crippen LogP contribution in [0.3, 0.4) is 0 Å². The average molecular weight is 613 g/mol. The van der Waals surface area contributed by atoms with Gasteiger partial charge in [0.25, 0.3) is 5.91 Å². The summed E-state index contributed by atoms with van der Waals surface area (Å²) in [6, 6.07) is 18.6. The van der Waals surface area contributed by atoms with Crippen molar-refractivity contribution in [1.29, 1.82) is 0 Å². The summed E-state index contributed by atoms with van der Waals surface area (Å²) in [5.41, 5.74) is 2.84. The molecule has 2 aliphatic heterocycles. The molecule has 0 spiro atoms. The van der Waals surface area contributed by atoms with E-state index < -0.39 is 0 Å². The van der Waals surface area contributed by atoms with Crippen LogP contribution in [0.1, 0.15) is 34.3 Å². The average Bonchev–Trinajstić information content (AvgIpc) is 2.97. The highest BCUT2D eigenvalue weighted by atomic mass is 79.9. The zero-order valence-electron chi connectivity index (χ0n) is 22.3. The van der Waals surface area contributed by atoms with Gasteiger partial charge in [-0.3, -0.25) is 14.6 Å². The van der Waals surface area contributed by atoms with E-state index in [9.17, 15) is 4.79 Å². The lowest BCUT2D eigenvalue weighted by Crippen LogP contribution is -2.53. The number of amides is 1. The number of piperidine rings is 1. The molecule has 0 aliphatic carbocycles. The van der Waals surface area contributed by atoms with Crippen LogP contribution in [0, 0.1) is 0 Å². The normalized spacial score (nSPS) is 17.3. The predicted octanol–water partition coefficient (Wildman–Crippen LogP) is 5.22. The van der Waals surface area contributed by atoms with Gasteiger partial charge >= 0.3 is 0 Å². The highest BCUT2D eigenvalue weighted by molar-refractivity contribution is 9.10. The number of benzene rings is 2. The van der Waals surface area contributed by atoms with Crippen molar-refractivity contribution in [2.24, 2.45) is 0 Å². The second-order valence-electron chi connectivity index (χ2n) is 10.2. The number of piperazine rings is 1. The van der Waals surface area contributed by atoms with Crippen molar-refractivity contribution < 1.29 is 9.53 Å². The van der Waals surface area contributed by atoms with Gasteiger partial charge in [0, 0.05) is 56.0 Å². The minimum Gasteiger partial charge on any atom is -0.497 e. The lowest BCUT2D eigenvalue weighted by atomic mass is 10.0. The van der Waals surface area contributed by atoms with Gasteiger partial charge in [0.15, 0.2) is 0 Å². The topological polar surface area (TPSA) is 60.9 Å². The van der Waals surface area contributed by atoms with Crippen molar-refractivity contribution in [1.82, 2.24) is 20.1 Å². The van der Waals surface area contributed by atoms with E-state index >= 15 is 0 Å². The molecule has 7 nitrogen and oxygen atoms in total. The Morgan fingerprint density at radius 1 is 1.00 bits per heavy atom. The molecule has 2 saturated heterocycles. The molecule has 0 unspecified atom stereocenters. The van der Waals surface area contributed by atoms with Crippen LogP contribution < -0.4 is 15.0 Å². The second-order valence-corrected chi connectivity index (χ2v) is 11.5. The fourth-order valence-electron chi connectivity index (χ4n) is 5.40. The molecule has 1 aromatic heterocycles. The lowest BCUT2D eigenvalue weighted by molar-refractivity contribution is 0.0950. The molecule has 2 aliphatic rings. The van der Waals surface area contributed by atoms with E-state index in [1.807, 2.05) is 36.4 Å². The molecule has 0 radical (unpaired) electrons. The van der Waals surface area contributed by atoms with Gasteiger partial charge in [-0.25, -0.2) is 4.98 Å². The SMILES string of the molecule is COc1ccc(CN2CCC(N3CCN(c4ncc(C(=O)NCc5ccc(Br)cc5)cc4Cl)CC3)CC2)cc1. The Balaban J connectivity index is 1.07. The van der Waals surface area contributed by atoms with Gasteiger partial charge in [-0.15, -0.1) is 0 Å². The molecule has 1 amide bonds. The van der Waals surface area contributed by atoms with Gasteiger partial charge in [0.2, 0.25) is 0 Å². The maximum absolute atomic E-state index is 12.6. The summed E-state index contributed by atoms with van der Waals surface area (Å²) in [6.07, 6.45) is 4.02. The van der Waals surface area contributed by atoms with E-state index in [0.717, 1.165) is 67.4 Å². The smallest absolute Gasteiger partial charge is 0.253 e. The number of anilines is 1. The first-order valence-corrected chi connectivity index (χ1v) is 14.7. The highest BCUT2D eigenvalue weighted by Gasteiger charge is 2.28. The monoisotopic (exact) mass is 611 g/mol. The Labute approximate surface area is 244 Å². The van der Waals surface area contributed by atoms with Crippen LogP contribution in [-0.2, 0) is 13.1 Å². The zero-order chi connectivity index (χ0) is 27.2. The fourth-order valence-corrected chi connectivity index (χ4v) is 5.96. The van der Waals surface area contributed by atoms with Crippen LogP contribution >= 0.6 is 27.5 Å². The van der Waals surface area contributed by atoms with E-state index in [1.165, 1.54) is 18.4 Å². The van der Waals surface area contributed by atoms with Gasteiger partial charge in [0.05, 0.1) is 17.7 Å². The number of aromatic nitrogens is 1.